The third-order valence-corrected chi connectivity index (χ3v) is 9.05. The van der Waals surface area contributed by atoms with Gasteiger partial charge in [0, 0.05) is 32.5 Å². The molecular weight excluding hydrogens is 636 g/mol. The van der Waals surface area contributed by atoms with Gasteiger partial charge >= 0.3 is 0 Å². The van der Waals surface area contributed by atoms with Gasteiger partial charge in [0.25, 0.3) is 5.91 Å². The van der Waals surface area contributed by atoms with Crippen molar-refractivity contribution in [2.24, 2.45) is 5.92 Å². The van der Waals surface area contributed by atoms with Crippen LogP contribution in [0.25, 0.3) is 0 Å². The fraction of sp³-hybridized carbons (Fsp3) is 0.553. The first kappa shape index (κ1) is 38.4. The number of nitrogens with zero attached hydrogens (tertiary/aromatic N) is 1. The highest BCUT2D eigenvalue weighted by Crippen LogP contribution is 2.19. The van der Waals surface area contributed by atoms with Gasteiger partial charge < -0.3 is 31.3 Å². The Balaban J connectivity index is 1.47. The van der Waals surface area contributed by atoms with Crippen molar-refractivity contribution >= 4 is 29.5 Å². The zero-order chi connectivity index (χ0) is 35.9. The number of carbonyl (C=O) groups excluding carboxylic acids is 5. The van der Waals surface area contributed by atoms with Gasteiger partial charge in [-0.25, -0.2) is 0 Å². The largest absolute Gasteiger partial charge is 0.491 e. The molecule has 0 bridgehead atoms. The number of para-hydroxylation sites is 1. The molecule has 2 heterocycles. The van der Waals surface area contributed by atoms with Crippen molar-refractivity contribution in [1.29, 1.82) is 0 Å². The van der Waals surface area contributed by atoms with Gasteiger partial charge in [0.2, 0.25) is 23.6 Å². The third-order valence-electron chi connectivity index (χ3n) is 9.05. The van der Waals surface area contributed by atoms with E-state index in [0.29, 0.717) is 25.1 Å². The summed E-state index contributed by atoms with van der Waals surface area (Å²) in [5, 5.41) is 14.3. The van der Waals surface area contributed by atoms with Crippen LogP contribution in [-0.4, -0.2) is 78.8 Å². The number of hydrogen-bond acceptors (Lipinski definition) is 7. The molecule has 5 N–H and O–H groups in total. The van der Waals surface area contributed by atoms with Gasteiger partial charge in [-0.2, -0.15) is 0 Å². The maximum Gasteiger partial charge on any atom is 0.255 e. The van der Waals surface area contributed by atoms with E-state index in [9.17, 15) is 24.0 Å². The highest BCUT2D eigenvalue weighted by molar-refractivity contribution is 5.99. The first-order valence-electron chi connectivity index (χ1n) is 18.1. The van der Waals surface area contributed by atoms with Crippen LogP contribution in [0.4, 0.5) is 0 Å². The van der Waals surface area contributed by atoms with Crippen molar-refractivity contribution in [2.75, 3.05) is 26.2 Å². The molecule has 12 heteroatoms. The van der Waals surface area contributed by atoms with Crippen LogP contribution in [0.3, 0.4) is 0 Å². The zero-order valence-corrected chi connectivity index (χ0v) is 29.7. The molecule has 0 aromatic heterocycles. The van der Waals surface area contributed by atoms with Gasteiger partial charge in [0.1, 0.15) is 24.4 Å². The molecule has 12 nitrogen and oxygen atoms in total. The van der Waals surface area contributed by atoms with Gasteiger partial charge in [-0.3, -0.25) is 28.9 Å². The second-order valence-corrected chi connectivity index (χ2v) is 13.7. The molecule has 2 aliphatic rings. The number of benzene rings is 2. The second-order valence-electron chi connectivity index (χ2n) is 13.7. The lowest BCUT2D eigenvalue weighted by atomic mass is 10.0. The van der Waals surface area contributed by atoms with Crippen LogP contribution in [-0.2, 0) is 32.3 Å². The van der Waals surface area contributed by atoms with E-state index in [0.717, 1.165) is 25.2 Å². The van der Waals surface area contributed by atoms with E-state index < -0.39 is 29.8 Å². The molecule has 2 aliphatic heterocycles. The van der Waals surface area contributed by atoms with E-state index >= 15 is 0 Å². The van der Waals surface area contributed by atoms with Crippen LogP contribution in [0, 0.1) is 5.92 Å². The summed E-state index contributed by atoms with van der Waals surface area (Å²) in [6, 6.07) is 12.7. The lowest BCUT2D eigenvalue weighted by Gasteiger charge is -2.26. The van der Waals surface area contributed by atoms with Gasteiger partial charge in [-0.15, -0.1) is 0 Å². The normalized spacial score (nSPS) is 22.4. The van der Waals surface area contributed by atoms with Crippen LogP contribution < -0.4 is 31.3 Å². The van der Waals surface area contributed by atoms with Crippen molar-refractivity contribution in [2.45, 2.75) is 103 Å². The average Bonchev–Trinajstić information content (AvgIpc) is 3.10. The molecule has 4 rings (SSSR count). The summed E-state index contributed by atoms with van der Waals surface area (Å²) >= 11 is 0. The van der Waals surface area contributed by atoms with E-state index in [1.165, 1.54) is 24.8 Å². The topological polar surface area (TPSA) is 158 Å². The third kappa shape index (κ3) is 12.5. The summed E-state index contributed by atoms with van der Waals surface area (Å²) in [5.41, 5.74) is 2.36. The maximum atomic E-state index is 13.6. The Bertz CT molecular complexity index is 1440. The minimum atomic E-state index is -1.04. The molecule has 0 radical (unpaired) electrons. The molecule has 0 spiro atoms. The van der Waals surface area contributed by atoms with E-state index in [1.807, 2.05) is 32.9 Å². The molecule has 2 aromatic carbocycles. The van der Waals surface area contributed by atoms with Crippen LogP contribution in [0.15, 0.2) is 48.5 Å². The molecule has 0 aliphatic carbocycles. The highest BCUT2D eigenvalue weighted by Gasteiger charge is 2.27. The Hall–Kier alpha value is -4.45. The Morgan fingerprint density at radius 2 is 1.56 bits per heavy atom. The standard InChI is InChI=1S/C38H54N6O6/c1-26(2)35-38(49)39-20-8-7-13-33(45)41-27(3)25-50-32-12-6-5-11-30(32)36(47)42-31(18-19-34(46)43-35)37(48)40-23-28-14-16-29(17-15-28)24-44-21-9-4-10-22-44/h5-6,11-12,14-17,26-27,31,35H,4,7-10,13,18-25H2,1-3H3,(H,39,49)(H,40,48)(H,41,45)(H,42,47)(H,43,46)/t27-,31-,35+/m0/s1. The summed E-state index contributed by atoms with van der Waals surface area (Å²) in [6.45, 7) is 9.38. The lowest BCUT2D eigenvalue weighted by Crippen LogP contribution is -2.51. The Kier molecular flexibility index (Phi) is 15.1. The number of piperidine rings is 1. The molecule has 3 atom stereocenters. The monoisotopic (exact) mass is 690 g/mol. The van der Waals surface area contributed by atoms with Crippen molar-refractivity contribution in [1.82, 2.24) is 31.5 Å². The SMILES string of the molecule is CC(C)[C@H]1NC(=O)CC[C@@H](C(=O)NCc2ccc(CN3CCCCC3)cc2)NC(=O)c2ccccc2OC[C@H](C)NC(=O)CCCCNC1=O. The molecule has 2 aromatic rings. The van der Waals surface area contributed by atoms with Gasteiger partial charge in [0.15, 0.2) is 0 Å². The number of hydrogen-bond donors (Lipinski definition) is 5. The number of nitrogens with one attached hydrogen (secondary N) is 5. The van der Waals surface area contributed by atoms with Gasteiger partial charge in [-0.1, -0.05) is 56.7 Å². The maximum absolute atomic E-state index is 13.6. The fourth-order valence-corrected chi connectivity index (χ4v) is 6.13. The summed E-state index contributed by atoms with van der Waals surface area (Å²) in [4.78, 5) is 68.2. The van der Waals surface area contributed by atoms with Crippen molar-refractivity contribution in [3.63, 3.8) is 0 Å². The molecular formula is C38H54N6O6. The molecule has 0 saturated carbocycles. The van der Waals surface area contributed by atoms with E-state index in [4.69, 9.17) is 4.74 Å². The van der Waals surface area contributed by atoms with Crippen molar-refractivity contribution in [3.8, 4) is 5.75 Å². The van der Waals surface area contributed by atoms with E-state index in [1.54, 1.807) is 24.3 Å². The number of amides is 5. The zero-order valence-electron chi connectivity index (χ0n) is 29.7. The first-order valence-corrected chi connectivity index (χ1v) is 18.1. The van der Waals surface area contributed by atoms with Gasteiger partial charge in [-0.05, 0) is 81.3 Å². The average molecular weight is 691 g/mol. The van der Waals surface area contributed by atoms with Crippen LogP contribution in [0.1, 0.15) is 93.6 Å². The first-order chi connectivity index (χ1) is 24.1. The summed E-state index contributed by atoms with van der Waals surface area (Å²) in [6.07, 6.45) is 5.14. The van der Waals surface area contributed by atoms with Crippen LogP contribution in [0.5, 0.6) is 5.75 Å². The van der Waals surface area contributed by atoms with Crippen LogP contribution in [0.2, 0.25) is 0 Å². The number of fused-ring (bicyclic) bond motifs is 1. The quantitative estimate of drug-likeness (QED) is 0.312. The minimum Gasteiger partial charge on any atom is -0.491 e. The lowest BCUT2D eigenvalue weighted by molar-refractivity contribution is -0.130. The number of ether oxygens (including phenoxy) is 1. The van der Waals surface area contributed by atoms with Crippen molar-refractivity contribution < 1.29 is 28.7 Å². The number of rotatable bonds is 6. The predicted octanol–water partition coefficient (Wildman–Crippen LogP) is 3.19. The predicted molar refractivity (Wildman–Crippen MR) is 191 cm³/mol. The fourth-order valence-electron chi connectivity index (χ4n) is 6.13. The highest BCUT2D eigenvalue weighted by atomic mass is 16.5. The summed E-state index contributed by atoms with van der Waals surface area (Å²) in [7, 11) is 0. The molecule has 1 saturated heterocycles. The minimum absolute atomic E-state index is 0.0106. The summed E-state index contributed by atoms with van der Waals surface area (Å²) in [5.74, 6) is -1.71. The Labute approximate surface area is 295 Å². The molecule has 50 heavy (non-hydrogen) atoms. The Morgan fingerprint density at radius 3 is 2.30 bits per heavy atom. The Morgan fingerprint density at radius 1 is 0.860 bits per heavy atom. The van der Waals surface area contributed by atoms with E-state index in [2.05, 4.69) is 43.6 Å². The second kappa shape index (κ2) is 19.7. The number of carbonyl (C=O) groups is 5. The molecule has 1 fully saturated rings. The molecule has 5 amide bonds. The van der Waals surface area contributed by atoms with Gasteiger partial charge in [0.05, 0.1) is 11.6 Å². The summed E-state index contributed by atoms with van der Waals surface area (Å²) < 4.78 is 5.95. The van der Waals surface area contributed by atoms with Crippen LogP contribution >= 0.6 is 0 Å². The molecule has 0 unspecified atom stereocenters. The van der Waals surface area contributed by atoms with Crippen molar-refractivity contribution in [3.05, 3.63) is 65.2 Å². The molecule has 272 valence electrons. The number of likely N-dealkylation sites (tertiary alicyclic amines) is 1. The smallest absolute Gasteiger partial charge is 0.255 e. The van der Waals surface area contributed by atoms with E-state index in [-0.39, 0.29) is 61.8 Å².